The molecule has 0 unspecified atom stereocenters. The van der Waals surface area contributed by atoms with E-state index in [1.54, 1.807) is 12.1 Å². The van der Waals surface area contributed by atoms with Gasteiger partial charge in [0.2, 0.25) is 0 Å². The molecular formula is C114H105BN4O. The van der Waals surface area contributed by atoms with Crippen molar-refractivity contribution >= 4 is 123 Å². The molecule has 0 N–H and O–H groups in total. The topological polar surface area (TPSA) is 29.5 Å². The zero-order valence-corrected chi connectivity index (χ0v) is 71.2. The third-order valence-electron chi connectivity index (χ3n) is 24.6. The van der Waals surface area contributed by atoms with Gasteiger partial charge in [-0.3, -0.25) is 0 Å². The maximum absolute atomic E-state index is 11.8. The van der Waals surface area contributed by atoms with E-state index in [9.17, 15) is 27.4 Å². The Balaban J connectivity index is 1.08. The molecule has 0 amide bonds. The molecular weight excluding hydrogens is 1450 g/mol. The van der Waals surface area contributed by atoms with E-state index in [1.807, 2.05) is 36.4 Å². The standard InChI is InChI=1S/C114H105BN4O/c1-109(2,3)76-48-39-70(40-49-76)89-64-80(113(13,14)15)65-90(71-41-50-77(51-42-71)110(4,5)6)107(89)118-100-68-82(116-96-34-24-19-29-84(96)85-30-20-25-35-97(85)116)56-58-94(100)115-95-59-57-83(117-98-36-26-21-31-86(98)87-32-22-27-37-99(87)117)69-101(95)119(103-63-75(62-102(118)106(103)115)74-47-60-105-93(61-74)88-33-23-28-38-104(88)120-105)108-91(72-43-52-78(53-44-72)111(7,8)9)66-81(114(16,17)18)67-92(108)73-45-54-79(55-46-73)112(10,11)12/h19-69H,1-18H3/i19D,20D,21D,22D,24D,25D,26D,27D,29D,30D,31D,32D,34D,35D,36D,37D,56D,57D,58D,59D. The Morgan fingerprint density at radius 3 is 0.900 bits per heavy atom. The third-order valence-corrected chi connectivity index (χ3v) is 24.6. The van der Waals surface area contributed by atoms with Crippen molar-refractivity contribution in [1.82, 2.24) is 9.13 Å². The molecule has 0 bridgehead atoms. The maximum atomic E-state index is 11.8. The lowest BCUT2D eigenvalue weighted by Gasteiger charge is -2.46. The second kappa shape index (κ2) is 27.5. The molecule has 590 valence electrons. The van der Waals surface area contributed by atoms with Crippen LogP contribution in [0.3, 0.4) is 0 Å². The van der Waals surface area contributed by atoms with Gasteiger partial charge in [-0.1, -0.05) is 331 Å². The second-order valence-electron chi connectivity index (χ2n) is 38.7. The van der Waals surface area contributed by atoms with Gasteiger partial charge in [0.25, 0.3) is 6.71 Å². The smallest absolute Gasteiger partial charge is 0.252 e. The van der Waals surface area contributed by atoms with E-state index >= 15 is 0 Å². The Morgan fingerprint density at radius 1 is 0.258 bits per heavy atom. The zero-order valence-electron chi connectivity index (χ0n) is 91.2. The summed E-state index contributed by atoms with van der Waals surface area (Å²) in [5.74, 6) is 0. The number of furan rings is 1. The zero-order chi connectivity index (χ0) is 101. The van der Waals surface area contributed by atoms with Gasteiger partial charge in [-0.25, -0.2) is 0 Å². The number of aromatic nitrogens is 2. The predicted molar refractivity (Wildman–Crippen MR) is 516 cm³/mol. The highest BCUT2D eigenvalue weighted by Gasteiger charge is 2.47. The summed E-state index contributed by atoms with van der Waals surface area (Å²) >= 11 is 0. The quantitative estimate of drug-likeness (QED) is 0.135. The number of benzene rings is 15. The lowest BCUT2D eigenvalue weighted by Crippen LogP contribution is -2.61. The summed E-state index contributed by atoms with van der Waals surface area (Å²) in [5.41, 5.74) is 12.8. The Hall–Kier alpha value is -12.6. The van der Waals surface area contributed by atoms with Crippen LogP contribution in [-0.2, 0) is 32.5 Å². The number of para-hydroxylation sites is 5. The van der Waals surface area contributed by atoms with Crippen molar-refractivity contribution in [1.29, 1.82) is 0 Å². The van der Waals surface area contributed by atoms with E-state index in [4.69, 9.17) is 4.42 Å². The molecule has 0 atom stereocenters. The van der Waals surface area contributed by atoms with Gasteiger partial charge >= 0.3 is 0 Å². The largest absolute Gasteiger partial charge is 0.456 e. The lowest BCUT2D eigenvalue weighted by molar-refractivity contribution is 0.589. The average Bonchev–Trinajstić information content (AvgIpc) is 0.826. The van der Waals surface area contributed by atoms with Gasteiger partial charge in [-0.2, -0.15) is 0 Å². The van der Waals surface area contributed by atoms with Gasteiger partial charge in [0.15, 0.2) is 0 Å². The number of hydrogen-bond donors (Lipinski definition) is 0. The molecule has 0 radical (unpaired) electrons. The molecule has 120 heavy (non-hydrogen) atoms. The van der Waals surface area contributed by atoms with Crippen LogP contribution in [0.5, 0.6) is 0 Å². The Labute approximate surface area is 736 Å². The van der Waals surface area contributed by atoms with Crippen molar-refractivity contribution in [2.75, 3.05) is 9.80 Å². The first-order valence-electron chi connectivity index (χ1n) is 51.4. The van der Waals surface area contributed by atoms with E-state index in [-0.39, 0.29) is 98.9 Å². The van der Waals surface area contributed by atoms with Crippen molar-refractivity contribution in [3.8, 4) is 67.0 Å². The SMILES string of the molecule is [2H]c1c(-n2c3c([2H])c([2H])c([2H])c([2H])c3c3c([2H])c([2H])c([2H])c([2H])c32)cc2c(c1[2H])B1c3c(cc(-c4ccc5oc6ccccc6c5c4)cc3N(c3c(-c4ccc(C(C)(C)C)cc4)cc(C(C)(C)C)cc3-c3ccc(C(C)(C)C)cc3)c3cc(-n4c5c([2H])c([2H])c([2H])c([2H])c5c5c([2H])c([2H])c([2H])c([2H])c54)c([2H])c([2H])c31)N2c1c(-c2ccc(C(C)(C)C)cc2)cc(C(C)(C)C)cc1-c1ccc(C(C)(C)C)cc1. The van der Waals surface area contributed by atoms with E-state index in [2.05, 4.69) is 274 Å². The second-order valence-corrected chi connectivity index (χ2v) is 38.7. The molecule has 0 saturated heterocycles. The molecule has 0 fully saturated rings. The predicted octanol–water partition coefficient (Wildman–Crippen LogP) is 30.0. The van der Waals surface area contributed by atoms with Crippen LogP contribution in [0.25, 0.3) is 133 Å². The van der Waals surface area contributed by atoms with Crippen LogP contribution in [0.15, 0.2) is 313 Å². The number of anilines is 6. The minimum Gasteiger partial charge on any atom is -0.456 e. The monoisotopic (exact) mass is 1580 g/mol. The van der Waals surface area contributed by atoms with Gasteiger partial charge in [-0.05, 0) is 219 Å². The highest BCUT2D eigenvalue weighted by atomic mass is 16.3. The number of hydrogen-bond acceptors (Lipinski definition) is 3. The summed E-state index contributed by atoms with van der Waals surface area (Å²) in [7, 11) is 0. The van der Waals surface area contributed by atoms with Crippen LogP contribution in [0.2, 0.25) is 0 Å². The van der Waals surface area contributed by atoms with Crippen LogP contribution >= 0.6 is 0 Å². The van der Waals surface area contributed by atoms with Crippen LogP contribution in [-0.4, -0.2) is 15.8 Å². The number of fused-ring (bicyclic) bond motifs is 13. The third kappa shape index (κ3) is 12.6. The molecule has 6 heteroatoms. The molecule has 3 aromatic heterocycles. The fraction of sp³-hybridized carbons (Fsp3) is 0.211. The summed E-state index contributed by atoms with van der Waals surface area (Å²) in [6, 6.07) is 51.3. The maximum Gasteiger partial charge on any atom is 0.252 e. The molecule has 2 aliphatic rings. The molecule has 2 aliphatic heterocycles. The molecule has 5 nitrogen and oxygen atoms in total. The molecule has 5 heterocycles. The Morgan fingerprint density at radius 2 is 0.567 bits per heavy atom. The van der Waals surface area contributed by atoms with E-state index in [0.717, 1.165) is 66.4 Å². The minimum atomic E-state index is -1.49. The first-order valence-corrected chi connectivity index (χ1v) is 41.4. The number of rotatable bonds is 9. The highest BCUT2D eigenvalue weighted by molar-refractivity contribution is 7.00. The van der Waals surface area contributed by atoms with E-state index < -0.39 is 138 Å². The molecule has 0 saturated carbocycles. The minimum absolute atomic E-state index is 0.0692. The van der Waals surface area contributed by atoms with E-state index in [1.165, 1.54) is 9.13 Å². The van der Waals surface area contributed by atoms with Crippen molar-refractivity contribution in [3.05, 3.63) is 342 Å². The van der Waals surface area contributed by atoms with Crippen LogP contribution in [0.4, 0.5) is 34.1 Å². The molecule has 0 aliphatic carbocycles. The fourth-order valence-electron chi connectivity index (χ4n) is 17.9. The molecule has 20 rings (SSSR count). The molecule has 18 aromatic rings. The van der Waals surface area contributed by atoms with Crippen molar-refractivity contribution in [2.24, 2.45) is 0 Å². The van der Waals surface area contributed by atoms with E-state index in [0.29, 0.717) is 72.8 Å². The summed E-state index contributed by atoms with van der Waals surface area (Å²) < 4.78 is 210. The Bertz CT molecular complexity index is 7720. The summed E-state index contributed by atoms with van der Waals surface area (Å²) in [5, 5.41) is 0.533. The van der Waals surface area contributed by atoms with Gasteiger partial charge in [0.1, 0.15) is 11.2 Å². The van der Waals surface area contributed by atoms with Crippen LogP contribution in [0.1, 0.15) is 185 Å². The highest BCUT2D eigenvalue weighted by Crippen LogP contribution is 2.57. The molecule has 15 aromatic carbocycles. The van der Waals surface area contributed by atoms with Crippen LogP contribution in [0, 0.1) is 0 Å². The molecule has 0 spiro atoms. The summed E-state index contributed by atoms with van der Waals surface area (Å²) in [6.07, 6.45) is 0. The fourth-order valence-corrected chi connectivity index (χ4v) is 17.9. The van der Waals surface area contributed by atoms with Crippen molar-refractivity contribution in [2.45, 2.75) is 157 Å². The van der Waals surface area contributed by atoms with Gasteiger partial charge in [-0.15, -0.1) is 0 Å². The van der Waals surface area contributed by atoms with Crippen molar-refractivity contribution in [3.63, 3.8) is 0 Å². The van der Waals surface area contributed by atoms with Crippen molar-refractivity contribution < 1.29 is 31.8 Å². The summed E-state index contributed by atoms with van der Waals surface area (Å²) in [4.78, 5) is 4.24. The van der Waals surface area contributed by atoms with Gasteiger partial charge in [0.05, 0.1) is 60.9 Å². The first-order chi connectivity index (χ1) is 65.6. The normalized spacial score (nSPS) is 15.7. The van der Waals surface area contributed by atoms with Gasteiger partial charge in [0, 0.05) is 88.7 Å². The average molecular weight is 1580 g/mol. The van der Waals surface area contributed by atoms with Crippen LogP contribution < -0.4 is 26.2 Å². The summed E-state index contributed by atoms with van der Waals surface area (Å²) in [6.45, 7) is 37.4. The van der Waals surface area contributed by atoms with Gasteiger partial charge < -0.3 is 23.4 Å². The lowest BCUT2D eigenvalue weighted by atomic mass is 9.33. The number of nitrogens with zero attached hydrogens (tertiary/aromatic N) is 4. The Kier molecular flexibility index (Phi) is 13.0. The first kappa shape index (κ1) is 56.7.